The van der Waals surface area contributed by atoms with Crippen molar-refractivity contribution >= 4 is 33.9 Å². The van der Waals surface area contributed by atoms with Crippen LogP contribution < -0.4 is 9.47 Å². The van der Waals surface area contributed by atoms with Crippen LogP contribution in [0, 0.1) is 27.9 Å². The molecule has 0 bridgehead atoms. The number of nitrogens with zero attached hydrogens (tertiary/aromatic N) is 2. The second-order valence-electron chi connectivity index (χ2n) is 16.6. The topological polar surface area (TPSA) is 133 Å². The van der Waals surface area contributed by atoms with Gasteiger partial charge in [-0.15, -0.1) is 18.3 Å². The zero-order valence-corrected chi connectivity index (χ0v) is 35.0. The number of nitro groups is 1. The molecule has 6 atom stereocenters. The maximum absolute atomic E-state index is 11.3. The summed E-state index contributed by atoms with van der Waals surface area (Å²) in [5, 5.41) is 38.7. The number of aliphatic hydroxyl groups excluding tert-OH is 2. The quantitative estimate of drug-likeness (QED) is 0.0410. The fourth-order valence-corrected chi connectivity index (χ4v) is 11.8. The molecule has 2 N–H and O–H groups in total. The van der Waals surface area contributed by atoms with E-state index < -0.39 is 10.7 Å². The summed E-state index contributed by atoms with van der Waals surface area (Å²) >= 11 is 1.96. The number of rotatable bonds is 19. The van der Waals surface area contributed by atoms with Gasteiger partial charge in [0.15, 0.2) is 0 Å². The van der Waals surface area contributed by atoms with Crippen LogP contribution >= 0.6 is 11.8 Å². The van der Waals surface area contributed by atoms with E-state index in [1.54, 1.807) is 18.2 Å². The molecule has 11 heteroatoms. The van der Waals surface area contributed by atoms with Crippen molar-refractivity contribution in [1.29, 1.82) is 0 Å². The molecule has 6 unspecified atom stereocenters. The van der Waals surface area contributed by atoms with E-state index in [2.05, 4.69) is 49.1 Å². The summed E-state index contributed by atoms with van der Waals surface area (Å²) in [5.41, 5.74) is 3.83. The lowest BCUT2D eigenvalue weighted by atomic mass is 9.56. The second kappa shape index (κ2) is 19.4. The Morgan fingerprint density at radius 2 is 1.65 bits per heavy atom. The number of fused-ring (bicyclic) bond motifs is 3. The maximum Gasteiger partial charge on any atom is 0.269 e. The highest BCUT2D eigenvalue weighted by Crippen LogP contribution is 2.63. The molecule has 1 heterocycles. The number of aliphatic hydroxyl groups is 2. The number of nitro benzene ring substituents is 1. The Balaban J connectivity index is 1.25. The second-order valence-corrected chi connectivity index (χ2v) is 18.1. The van der Waals surface area contributed by atoms with Crippen molar-refractivity contribution in [3.63, 3.8) is 0 Å². The molecule has 60 heavy (non-hydrogen) atoms. The van der Waals surface area contributed by atoms with E-state index in [0.29, 0.717) is 31.1 Å². The Kier molecular flexibility index (Phi) is 13.6. The SMILES string of the molecule is C=CCOC12Oc3ccc(Oc4ccc5ccccc5c4)cc3C3C(CCCCO)C(CCCCO)C=C(C(=NOCc4ccc([N+](=O)[O-])cc4)CC1SC1CCCC1)C32. The van der Waals surface area contributed by atoms with Crippen molar-refractivity contribution in [2.45, 2.75) is 99.4 Å². The molecule has 0 amide bonds. The number of hydrogen-bond acceptors (Lipinski definition) is 10. The third kappa shape index (κ3) is 9.00. The number of allylic oxidation sites excluding steroid dienone is 1. The summed E-state index contributed by atoms with van der Waals surface area (Å²) in [6, 6.07) is 27.0. The highest BCUT2D eigenvalue weighted by Gasteiger charge is 2.64. The molecule has 10 nitrogen and oxygen atoms in total. The van der Waals surface area contributed by atoms with E-state index in [-0.39, 0.29) is 54.4 Å². The molecule has 4 aliphatic rings. The number of thioether (sulfide) groups is 1. The molecule has 2 saturated carbocycles. The molecule has 0 radical (unpaired) electrons. The van der Waals surface area contributed by atoms with Crippen molar-refractivity contribution < 1.29 is 34.2 Å². The average molecular weight is 833 g/mol. The van der Waals surface area contributed by atoms with Gasteiger partial charge in [-0.2, -0.15) is 0 Å². The van der Waals surface area contributed by atoms with Crippen LogP contribution in [-0.4, -0.2) is 57.0 Å². The van der Waals surface area contributed by atoms with Crippen molar-refractivity contribution in [3.05, 3.63) is 130 Å². The minimum Gasteiger partial charge on any atom is -0.460 e. The summed E-state index contributed by atoms with van der Waals surface area (Å²) in [5.74, 6) is 1.26. The van der Waals surface area contributed by atoms with Gasteiger partial charge in [0, 0.05) is 48.5 Å². The number of unbranched alkanes of at least 4 members (excludes halogenated alkanes) is 2. The molecule has 0 aromatic heterocycles. The Hall–Kier alpha value is -4.68. The number of hydrogen-bond donors (Lipinski definition) is 2. The van der Waals surface area contributed by atoms with Crippen LogP contribution in [0.5, 0.6) is 17.2 Å². The first kappa shape index (κ1) is 42.0. The summed E-state index contributed by atoms with van der Waals surface area (Å²) < 4.78 is 21.1. The summed E-state index contributed by atoms with van der Waals surface area (Å²) in [6.45, 7) is 4.82. The zero-order valence-electron chi connectivity index (χ0n) is 34.2. The molecule has 316 valence electrons. The van der Waals surface area contributed by atoms with Gasteiger partial charge in [0.05, 0.1) is 28.4 Å². The fraction of sp³-hybridized carbons (Fsp3) is 0.449. The predicted molar refractivity (Wildman–Crippen MR) is 237 cm³/mol. The van der Waals surface area contributed by atoms with E-state index in [1.165, 1.54) is 25.0 Å². The van der Waals surface area contributed by atoms with Gasteiger partial charge in [-0.25, -0.2) is 0 Å². The molecular formula is C49H56N2O8S. The lowest BCUT2D eigenvalue weighted by molar-refractivity contribution is -0.384. The fourth-order valence-electron chi connectivity index (χ4n) is 10.0. The summed E-state index contributed by atoms with van der Waals surface area (Å²) in [7, 11) is 0. The van der Waals surface area contributed by atoms with Crippen LogP contribution in [0.2, 0.25) is 0 Å². The lowest BCUT2D eigenvalue weighted by Gasteiger charge is -2.58. The Bertz CT molecular complexity index is 2190. The predicted octanol–water partition coefficient (Wildman–Crippen LogP) is 11.0. The van der Waals surface area contributed by atoms with Crippen LogP contribution in [0.1, 0.15) is 87.7 Å². The molecule has 8 rings (SSSR count). The van der Waals surface area contributed by atoms with Gasteiger partial charge in [0.25, 0.3) is 5.69 Å². The van der Waals surface area contributed by atoms with Crippen LogP contribution in [0.3, 0.4) is 0 Å². The van der Waals surface area contributed by atoms with Crippen molar-refractivity contribution in [2.24, 2.45) is 22.9 Å². The van der Waals surface area contributed by atoms with Gasteiger partial charge in [0.2, 0.25) is 5.79 Å². The largest absolute Gasteiger partial charge is 0.460 e. The van der Waals surface area contributed by atoms with Gasteiger partial charge in [-0.05, 0) is 115 Å². The molecule has 4 aromatic carbocycles. The zero-order chi connectivity index (χ0) is 41.5. The normalized spacial score (nSPS) is 25.3. The highest BCUT2D eigenvalue weighted by molar-refractivity contribution is 8.00. The Labute approximate surface area is 356 Å². The maximum atomic E-state index is 11.3. The molecule has 4 aromatic rings. The van der Waals surface area contributed by atoms with Crippen molar-refractivity contribution in [2.75, 3.05) is 19.8 Å². The van der Waals surface area contributed by atoms with E-state index >= 15 is 0 Å². The third-order valence-corrected chi connectivity index (χ3v) is 14.5. The molecule has 0 spiro atoms. The first-order valence-corrected chi connectivity index (χ1v) is 22.6. The number of non-ortho nitro benzene ring substituents is 1. The van der Waals surface area contributed by atoms with E-state index in [0.717, 1.165) is 89.0 Å². The number of ether oxygens (including phenoxy) is 3. The monoisotopic (exact) mass is 832 g/mol. The van der Waals surface area contributed by atoms with Gasteiger partial charge >= 0.3 is 0 Å². The lowest BCUT2D eigenvalue weighted by Crippen LogP contribution is -2.64. The van der Waals surface area contributed by atoms with Crippen LogP contribution in [0.4, 0.5) is 5.69 Å². The highest BCUT2D eigenvalue weighted by atomic mass is 32.2. The average Bonchev–Trinajstić information content (AvgIpc) is 3.78. The molecule has 1 aliphatic heterocycles. The first-order chi connectivity index (χ1) is 29.4. The van der Waals surface area contributed by atoms with Crippen LogP contribution in [0.15, 0.2) is 114 Å². The van der Waals surface area contributed by atoms with Gasteiger partial charge < -0.3 is 29.3 Å². The Morgan fingerprint density at radius 3 is 2.40 bits per heavy atom. The molecule has 3 aliphatic carbocycles. The van der Waals surface area contributed by atoms with E-state index in [9.17, 15) is 20.3 Å². The standard InChI is InChI=1S/C49H56N2O8S/c1-2-27-56-49-46(60-40-14-5-6-15-40)31-44(50-57-32-33-17-20-37(21-18-33)51(54)55)42-29-36(13-7-9-25-52)41(16-8-10-26-53)47(48(42)49)43-30-39(23-24-45(43)59-49)58-38-22-19-34-11-3-4-12-35(34)28-38/h2-4,11-12,17-24,28-30,36,40-41,46-48,52-53H,1,5-10,13-16,25-27,31-32H2. The van der Waals surface area contributed by atoms with Crippen LogP contribution in [-0.2, 0) is 16.2 Å². The van der Waals surface area contributed by atoms with Crippen molar-refractivity contribution in [3.8, 4) is 17.2 Å². The van der Waals surface area contributed by atoms with Crippen molar-refractivity contribution in [1.82, 2.24) is 0 Å². The Morgan fingerprint density at radius 1 is 0.917 bits per heavy atom. The van der Waals surface area contributed by atoms with Gasteiger partial charge in [0.1, 0.15) is 23.9 Å². The van der Waals surface area contributed by atoms with Gasteiger partial charge in [-0.1, -0.05) is 73.3 Å². The minimum atomic E-state index is -1.03. The summed E-state index contributed by atoms with van der Waals surface area (Å²) in [4.78, 5) is 17.1. The van der Waals surface area contributed by atoms with E-state index in [4.69, 9.17) is 24.2 Å². The molecular weight excluding hydrogens is 777 g/mol. The first-order valence-electron chi connectivity index (χ1n) is 21.7. The third-order valence-electron chi connectivity index (χ3n) is 12.8. The molecule has 2 fully saturated rings. The minimum absolute atomic E-state index is 0.0302. The smallest absolute Gasteiger partial charge is 0.269 e. The van der Waals surface area contributed by atoms with Crippen LogP contribution in [0.25, 0.3) is 10.8 Å². The summed E-state index contributed by atoms with van der Waals surface area (Å²) in [6.07, 6.45) is 14.4. The van der Waals surface area contributed by atoms with E-state index in [1.807, 2.05) is 36.0 Å². The number of oxime groups is 1. The van der Waals surface area contributed by atoms with Gasteiger partial charge in [-0.3, -0.25) is 10.1 Å². The number of benzene rings is 4. The molecule has 0 saturated heterocycles.